The molecule has 0 bridgehead atoms. The monoisotopic (exact) mass is 715 g/mol. The summed E-state index contributed by atoms with van der Waals surface area (Å²) in [5, 5.41) is 2.50. The van der Waals surface area contributed by atoms with Crippen LogP contribution in [0.2, 0.25) is 0 Å². The van der Waals surface area contributed by atoms with Crippen molar-refractivity contribution in [2.24, 2.45) is 0 Å². The minimum absolute atomic E-state index is 0.947. The highest BCUT2D eigenvalue weighted by atomic mass is 15.1. The molecule has 0 saturated heterocycles. The van der Waals surface area contributed by atoms with Gasteiger partial charge in [-0.1, -0.05) is 146 Å². The van der Waals surface area contributed by atoms with Crippen LogP contribution in [0, 0.1) is 0 Å². The molecule has 0 amide bonds. The fourth-order valence-corrected chi connectivity index (χ4v) is 7.84. The van der Waals surface area contributed by atoms with Gasteiger partial charge in [-0.2, -0.15) is 0 Å². The summed E-state index contributed by atoms with van der Waals surface area (Å²) in [4.78, 5) is 7.15. The molecule has 0 aliphatic carbocycles. The van der Waals surface area contributed by atoms with Gasteiger partial charge in [0.15, 0.2) is 0 Å². The van der Waals surface area contributed by atoms with E-state index in [1.54, 1.807) is 0 Å². The van der Waals surface area contributed by atoms with E-state index in [1.807, 2.05) is 12.3 Å². The molecule has 2 aromatic heterocycles. The molecule has 0 fully saturated rings. The second kappa shape index (κ2) is 14.4. The average Bonchev–Trinajstić information content (AvgIpc) is 3.62. The molecule has 3 nitrogen and oxygen atoms in total. The first-order chi connectivity index (χ1) is 27.8. The predicted molar refractivity (Wildman–Crippen MR) is 235 cm³/mol. The van der Waals surface area contributed by atoms with Gasteiger partial charge in [-0.15, -0.1) is 0 Å². The topological polar surface area (TPSA) is 21.1 Å². The van der Waals surface area contributed by atoms with Crippen molar-refractivity contribution in [3.05, 3.63) is 225 Å². The molecule has 0 aliphatic heterocycles. The Morgan fingerprint density at radius 1 is 0.321 bits per heavy atom. The minimum Gasteiger partial charge on any atom is -0.311 e. The first-order valence-electron chi connectivity index (χ1n) is 19.0. The average molecular weight is 716 g/mol. The predicted octanol–water partition coefficient (Wildman–Crippen LogP) is 14.3. The van der Waals surface area contributed by atoms with E-state index in [2.05, 4.69) is 222 Å². The summed E-state index contributed by atoms with van der Waals surface area (Å²) < 4.78 is 2.36. The molecule has 0 saturated carbocycles. The molecule has 56 heavy (non-hydrogen) atoms. The quantitative estimate of drug-likeness (QED) is 0.156. The number of anilines is 3. The van der Waals surface area contributed by atoms with Crippen molar-refractivity contribution in [1.82, 2.24) is 9.55 Å². The van der Waals surface area contributed by atoms with Crippen molar-refractivity contribution < 1.29 is 0 Å². The highest BCUT2D eigenvalue weighted by Gasteiger charge is 2.16. The van der Waals surface area contributed by atoms with Gasteiger partial charge in [-0.05, 0) is 101 Å². The number of benzene rings is 8. The number of nitrogens with zero attached hydrogens (tertiary/aromatic N) is 3. The molecule has 0 radical (unpaired) electrons. The van der Waals surface area contributed by atoms with Crippen molar-refractivity contribution in [3.63, 3.8) is 0 Å². The van der Waals surface area contributed by atoms with Crippen LogP contribution >= 0.6 is 0 Å². The van der Waals surface area contributed by atoms with Gasteiger partial charge in [0.05, 0.1) is 16.7 Å². The maximum Gasteiger partial charge on any atom is 0.0702 e. The van der Waals surface area contributed by atoms with Gasteiger partial charge >= 0.3 is 0 Å². The SMILES string of the molecule is c1ccc(-c2ccc(N(c3ccc(-c4ccc5c(c4)c4ccccc4n5-c4ccccc4)cc3)c3ccc(-c4ccc(-c5ccccc5)cn4)cc3)cc2)cc1. The van der Waals surface area contributed by atoms with E-state index < -0.39 is 0 Å². The Morgan fingerprint density at radius 3 is 1.36 bits per heavy atom. The summed E-state index contributed by atoms with van der Waals surface area (Å²) in [5.41, 5.74) is 15.9. The highest BCUT2D eigenvalue weighted by Crippen LogP contribution is 2.39. The van der Waals surface area contributed by atoms with Crippen LogP contribution < -0.4 is 4.90 Å². The summed E-state index contributed by atoms with van der Waals surface area (Å²) in [7, 11) is 0. The van der Waals surface area contributed by atoms with E-state index in [-0.39, 0.29) is 0 Å². The molecule has 0 unspecified atom stereocenters. The van der Waals surface area contributed by atoms with Crippen molar-refractivity contribution >= 4 is 38.9 Å². The Balaban J connectivity index is 1.00. The third-order valence-electron chi connectivity index (χ3n) is 10.7. The van der Waals surface area contributed by atoms with Crippen LogP contribution in [0.15, 0.2) is 225 Å². The zero-order chi connectivity index (χ0) is 37.3. The van der Waals surface area contributed by atoms with Gasteiger partial charge in [-0.25, -0.2) is 0 Å². The lowest BCUT2D eigenvalue weighted by Crippen LogP contribution is -2.09. The molecule has 10 aromatic rings. The maximum absolute atomic E-state index is 4.83. The van der Waals surface area contributed by atoms with E-state index in [0.717, 1.165) is 45.1 Å². The third kappa shape index (κ3) is 6.21. The largest absolute Gasteiger partial charge is 0.311 e. The van der Waals surface area contributed by atoms with Crippen molar-refractivity contribution in [2.75, 3.05) is 4.90 Å². The first-order valence-corrected chi connectivity index (χ1v) is 19.0. The number of hydrogen-bond donors (Lipinski definition) is 0. The molecular formula is C53H37N3. The lowest BCUT2D eigenvalue weighted by atomic mass is 10.0. The summed E-state index contributed by atoms with van der Waals surface area (Å²) in [5.74, 6) is 0. The highest BCUT2D eigenvalue weighted by molar-refractivity contribution is 6.10. The van der Waals surface area contributed by atoms with Gasteiger partial charge in [-0.3, -0.25) is 4.98 Å². The Kier molecular flexibility index (Phi) is 8.51. The Labute approximate surface area is 327 Å². The molecular weight excluding hydrogens is 679 g/mol. The molecule has 3 heteroatoms. The maximum atomic E-state index is 4.83. The van der Waals surface area contributed by atoms with Crippen LogP contribution in [0.5, 0.6) is 0 Å². The number of pyridine rings is 1. The number of aromatic nitrogens is 2. The van der Waals surface area contributed by atoms with E-state index >= 15 is 0 Å². The van der Waals surface area contributed by atoms with Crippen LogP contribution in [-0.2, 0) is 0 Å². The Hall–Kier alpha value is -7.49. The van der Waals surface area contributed by atoms with E-state index in [9.17, 15) is 0 Å². The molecule has 264 valence electrons. The number of para-hydroxylation sites is 2. The van der Waals surface area contributed by atoms with Gasteiger partial charge in [0.2, 0.25) is 0 Å². The van der Waals surface area contributed by atoms with E-state index in [1.165, 1.54) is 44.1 Å². The van der Waals surface area contributed by atoms with Crippen LogP contribution in [0.4, 0.5) is 17.1 Å². The van der Waals surface area contributed by atoms with E-state index in [4.69, 9.17) is 4.98 Å². The number of rotatable bonds is 8. The number of hydrogen-bond acceptors (Lipinski definition) is 2. The summed E-state index contributed by atoms with van der Waals surface area (Å²) in [6.45, 7) is 0. The van der Waals surface area contributed by atoms with Crippen molar-refractivity contribution in [3.8, 4) is 50.3 Å². The molecule has 0 aliphatic rings. The zero-order valence-electron chi connectivity index (χ0n) is 30.7. The van der Waals surface area contributed by atoms with Gasteiger partial charge in [0.1, 0.15) is 0 Å². The van der Waals surface area contributed by atoms with Crippen LogP contribution in [0.1, 0.15) is 0 Å². The molecule has 10 rings (SSSR count). The molecule has 2 heterocycles. The summed E-state index contributed by atoms with van der Waals surface area (Å²) in [6, 6.07) is 77.8. The molecule has 0 N–H and O–H groups in total. The molecule has 8 aromatic carbocycles. The summed E-state index contributed by atoms with van der Waals surface area (Å²) >= 11 is 0. The lowest BCUT2D eigenvalue weighted by Gasteiger charge is -2.26. The van der Waals surface area contributed by atoms with Crippen molar-refractivity contribution in [2.45, 2.75) is 0 Å². The standard InChI is InChI=1S/C53H37N3/c1-4-12-38(13-5-1)40-20-28-46(29-21-40)55(48-32-24-42(25-33-48)51-34-26-44(37-54-51)39-14-6-2-7-15-39)47-30-22-41(23-31-47)43-27-35-53-50(36-43)49-18-10-11-19-52(49)56(53)45-16-8-3-9-17-45/h1-37H. The lowest BCUT2D eigenvalue weighted by molar-refractivity contribution is 1.18. The van der Waals surface area contributed by atoms with Crippen LogP contribution in [0.25, 0.3) is 72.1 Å². The first kappa shape index (κ1) is 33.1. The molecule has 0 spiro atoms. The van der Waals surface area contributed by atoms with Crippen LogP contribution in [0.3, 0.4) is 0 Å². The van der Waals surface area contributed by atoms with Gasteiger partial charge in [0.25, 0.3) is 0 Å². The Bertz CT molecular complexity index is 2900. The smallest absolute Gasteiger partial charge is 0.0702 e. The van der Waals surface area contributed by atoms with Gasteiger partial charge in [0, 0.05) is 50.8 Å². The fourth-order valence-electron chi connectivity index (χ4n) is 7.84. The van der Waals surface area contributed by atoms with E-state index in [0.29, 0.717) is 0 Å². The number of fused-ring (bicyclic) bond motifs is 3. The fraction of sp³-hybridized carbons (Fsp3) is 0. The summed E-state index contributed by atoms with van der Waals surface area (Å²) in [6.07, 6.45) is 1.96. The second-order valence-corrected chi connectivity index (χ2v) is 14.1. The Morgan fingerprint density at radius 2 is 0.768 bits per heavy atom. The van der Waals surface area contributed by atoms with Crippen molar-refractivity contribution in [1.29, 1.82) is 0 Å². The normalized spacial score (nSPS) is 11.2. The zero-order valence-corrected chi connectivity index (χ0v) is 30.7. The second-order valence-electron chi connectivity index (χ2n) is 14.1. The third-order valence-corrected chi connectivity index (χ3v) is 10.7. The van der Waals surface area contributed by atoms with Gasteiger partial charge < -0.3 is 9.47 Å². The molecule has 0 atom stereocenters. The van der Waals surface area contributed by atoms with Crippen LogP contribution in [-0.4, -0.2) is 9.55 Å². The minimum atomic E-state index is 0.947.